The first-order valence-electron chi connectivity index (χ1n) is 6.46. The highest BCUT2D eigenvalue weighted by molar-refractivity contribution is 7.91. The maximum absolute atomic E-state index is 11.8. The van der Waals surface area contributed by atoms with Crippen LogP contribution in [0.5, 0.6) is 0 Å². The van der Waals surface area contributed by atoms with Crippen LogP contribution in [0.25, 0.3) is 0 Å². The Balaban J connectivity index is 2.23. The Kier molecular flexibility index (Phi) is 4.07. The minimum absolute atomic E-state index is 0.139. The minimum atomic E-state index is -2.85. The fourth-order valence-electron chi connectivity index (χ4n) is 2.86. The van der Waals surface area contributed by atoms with Crippen molar-refractivity contribution in [3.63, 3.8) is 0 Å². The standard InChI is InChI=1S/C14H21NO2S/c1-11-5-3-6-12(9-11)14(15-2)13-7-4-8-18(16,17)10-13/h3,5-6,9,13-15H,4,7-8,10H2,1-2H3. The van der Waals surface area contributed by atoms with Gasteiger partial charge in [-0.3, -0.25) is 0 Å². The second-order valence-corrected chi connectivity index (χ2v) is 7.43. The number of aryl methyl sites for hydroxylation is 1. The predicted molar refractivity (Wildman–Crippen MR) is 74.4 cm³/mol. The molecule has 0 bridgehead atoms. The fraction of sp³-hybridized carbons (Fsp3) is 0.571. The van der Waals surface area contributed by atoms with Crippen LogP contribution in [0.15, 0.2) is 24.3 Å². The van der Waals surface area contributed by atoms with Gasteiger partial charge >= 0.3 is 0 Å². The molecule has 2 rings (SSSR count). The molecule has 0 spiro atoms. The highest BCUT2D eigenvalue weighted by Crippen LogP contribution is 2.30. The molecule has 0 aromatic heterocycles. The van der Waals surface area contributed by atoms with E-state index in [9.17, 15) is 8.42 Å². The minimum Gasteiger partial charge on any atom is -0.313 e. The van der Waals surface area contributed by atoms with Crippen molar-refractivity contribution >= 4 is 9.84 Å². The Hall–Kier alpha value is -0.870. The van der Waals surface area contributed by atoms with Gasteiger partial charge in [-0.1, -0.05) is 29.8 Å². The van der Waals surface area contributed by atoms with Crippen molar-refractivity contribution in [3.8, 4) is 0 Å². The van der Waals surface area contributed by atoms with Gasteiger partial charge in [-0.05, 0) is 38.3 Å². The zero-order valence-electron chi connectivity index (χ0n) is 11.0. The van der Waals surface area contributed by atoms with Gasteiger partial charge in [0, 0.05) is 6.04 Å². The van der Waals surface area contributed by atoms with Crippen LogP contribution < -0.4 is 5.32 Å². The molecule has 0 saturated carbocycles. The lowest BCUT2D eigenvalue weighted by Gasteiger charge is -2.30. The summed E-state index contributed by atoms with van der Waals surface area (Å²) in [7, 11) is -0.934. The van der Waals surface area contributed by atoms with E-state index >= 15 is 0 Å². The molecule has 2 atom stereocenters. The zero-order valence-corrected chi connectivity index (χ0v) is 11.8. The Labute approximate surface area is 110 Å². The summed E-state index contributed by atoms with van der Waals surface area (Å²) in [5.41, 5.74) is 2.41. The van der Waals surface area contributed by atoms with E-state index in [1.54, 1.807) is 0 Å². The third-order valence-corrected chi connectivity index (χ3v) is 5.53. The summed E-state index contributed by atoms with van der Waals surface area (Å²) in [4.78, 5) is 0. The molecule has 2 unspecified atom stereocenters. The van der Waals surface area contributed by atoms with Crippen LogP contribution in [0.1, 0.15) is 30.0 Å². The molecule has 0 amide bonds. The average Bonchev–Trinajstić information content (AvgIpc) is 2.29. The summed E-state index contributed by atoms with van der Waals surface area (Å²) in [6, 6.07) is 8.46. The molecule has 0 aliphatic carbocycles. The van der Waals surface area contributed by atoms with E-state index in [0.717, 1.165) is 12.8 Å². The summed E-state index contributed by atoms with van der Waals surface area (Å²) in [5.74, 6) is 0.857. The Morgan fingerprint density at radius 1 is 1.39 bits per heavy atom. The highest BCUT2D eigenvalue weighted by Gasteiger charge is 2.30. The first-order valence-corrected chi connectivity index (χ1v) is 8.28. The second-order valence-electron chi connectivity index (χ2n) is 5.20. The normalized spacial score (nSPS) is 24.7. The lowest BCUT2D eigenvalue weighted by atomic mass is 9.90. The summed E-state index contributed by atoms with van der Waals surface area (Å²) in [5, 5.41) is 3.29. The van der Waals surface area contributed by atoms with Crippen molar-refractivity contribution in [1.29, 1.82) is 0 Å². The van der Waals surface area contributed by atoms with Gasteiger partial charge in [0.2, 0.25) is 0 Å². The van der Waals surface area contributed by atoms with Crippen molar-refractivity contribution in [3.05, 3.63) is 35.4 Å². The topological polar surface area (TPSA) is 46.2 Å². The Bertz CT molecular complexity index is 510. The van der Waals surface area contributed by atoms with Crippen LogP contribution in [0.3, 0.4) is 0 Å². The fourth-order valence-corrected chi connectivity index (χ4v) is 4.64. The van der Waals surface area contributed by atoms with E-state index in [0.29, 0.717) is 11.5 Å². The first-order chi connectivity index (χ1) is 8.52. The SMILES string of the molecule is CNC(c1cccc(C)c1)C1CCCS(=O)(=O)C1. The number of hydrogen-bond acceptors (Lipinski definition) is 3. The van der Waals surface area contributed by atoms with Crippen LogP contribution >= 0.6 is 0 Å². The van der Waals surface area contributed by atoms with Gasteiger partial charge in [-0.25, -0.2) is 8.42 Å². The van der Waals surface area contributed by atoms with Crippen LogP contribution in [0, 0.1) is 12.8 Å². The van der Waals surface area contributed by atoms with Gasteiger partial charge in [-0.15, -0.1) is 0 Å². The van der Waals surface area contributed by atoms with Crippen LogP contribution in [-0.2, 0) is 9.84 Å². The van der Waals surface area contributed by atoms with Crippen molar-refractivity contribution in [2.45, 2.75) is 25.8 Å². The van der Waals surface area contributed by atoms with Crippen LogP contribution in [0.4, 0.5) is 0 Å². The highest BCUT2D eigenvalue weighted by atomic mass is 32.2. The van der Waals surface area contributed by atoms with Gasteiger partial charge in [0.15, 0.2) is 9.84 Å². The van der Waals surface area contributed by atoms with E-state index in [1.807, 2.05) is 13.1 Å². The first kappa shape index (κ1) is 13.6. The number of rotatable bonds is 3. The average molecular weight is 267 g/mol. The van der Waals surface area contributed by atoms with Crippen molar-refractivity contribution in [1.82, 2.24) is 5.32 Å². The summed E-state index contributed by atoms with van der Waals surface area (Å²) in [6.45, 7) is 2.06. The molecule has 1 saturated heterocycles. The lowest BCUT2D eigenvalue weighted by Crippen LogP contribution is -2.34. The molecule has 18 heavy (non-hydrogen) atoms. The molecule has 1 fully saturated rings. The maximum Gasteiger partial charge on any atom is 0.150 e. The molecular weight excluding hydrogens is 246 g/mol. The Morgan fingerprint density at radius 2 is 2.17 bits per heavy atom. The number of benzene rings is 1. The van der Waals surface area contributed by atoms with E-state index < -0.39 is 9.84 Å². The largest absolute Gasteiger partial charge is 0.313 e. The van der Waals surface area contributed by atoms with Crippen LogP contribution in [-0.4, -0.2) is 27.0 Å². The van der Waals surface area contributed by atoms with Gasteiger partial charge < -0.3 is 5.32 Å². The molecule has 1 aliphatic heterocycles. The smallest absolute Gasteiger partial charge is 0.150 e. The van der Waals surface area contributed by atoms with E-state index in [-0.39, 0.29) is 12.0 Å². The molecule has 1 heterocycles. The van der Waals surface area contributed by atoms with Crippen LogP contribution in [0.2, 0.25) is 0 Å². The molecule has 0 radical (unpaired) electrons. The van der Waals surface area contributed by atoms with Crippen molar-refractivity contribution < 1.29 is 8.42 Å². The molecule has 100 valence electrons. The van der Waals surface area contributed by atoms with E-state index in [1.165, 1.54) is 11.1 Å². The summed E-state index contributed by atoms with van der Waals surface area (Å²) >= 11 is 0. The van der Waals surface area contributed by atoms with Gasteiger partial charge in [0.05, 0.1) is 11.5 Å². The summed E-state index contributed by atoms with van der Waals surface area (Å²) < 4.78 is 23.5. The monoisotopic (exact) mass is 267 g/mol. The molecule has 1 aromatic rings. The molecular formula is C14H21NO2S. The third-order valence-electron chi connectivity index (χ3n) is 3.68. The molecule has 1 N–H and O–H groups in total. The van der Waals surface area contributed by atoms with Crippen molar-refractivity contribution in [2.24, 2.45) is 5.92 Å². The lowest BCUT2D eigenvalue weighted by molar-refractivity contribution is 0.372. The van der Waals surface area contributed by atoms with Gasteiger partial charge in [0.1, 0.15) is 0 Å². The molecule has 4 heteroatoms. The Morgan fingerprint density at radius 3 is 2.78 bits per heavy atom. The van der Waals surface area contributed by atoms with Gasteiger partial charge in [0.25, 0.3) is 0 Å². The quantitative estimate of drug-likeness (QED) is 0.912. The number of sulfone groups is 1. The predicted octanol–water partition coefficient (Wildman–Crippen LogP) is 2.08. The van der Waals surface area contributed by atoms with Gasteiger partial charge in [-0.2, -0.15) is 0 Å². The second kappa shape index (κ2) is 5.41. The van der Waals surface area contributed by atoms with E-state index in [4.69, 9.17) is 0 Å². The third kappa shape index (κ3) is 3.12. The zero-order chi connectivity index (χ0) is 13.2. The molecule has 1 aliphatic rings. The molecule has 1 aromatic carbocycles. The van der Waals surface area contributed by atoms with Crippen molar-refractivity contribution in [2.75, 3.05) is 18.6 Å². The number of hydrogen-bond donors (Lipinski definition) is 1. The maximum atomic E-state index is 11.8. The van der Waals surface area contributed by atoms with E-state index in [2.05, 4.69) is 30.4 Å². The number of nitrogens with one attached hydrogen (secondary N) is 1. The molecule has 3 nitrogen and oxygen atoms in total. The summed E-state index contributed by atoms with van der Waals surface area (Å²) in [6.07, 6.45) is 1.77.